The third-order valence-electron chi connectivity index (χ3n) is 12.8. The number of hydrogen-bond acceptors (Lipinski definition) is 12. The van der Waals surface area contributed by atoms with Crippen LogP contribution in [0.1, 0.15) is 77.4 Å². The first-order valence-electron chi connectivity index (χ1n) is 22.4. The molecule has 0 radical (unpaired) electrons. The van der Waals surface area contributed by atoms with Gasteiger partial charge in [-0.15, -0.1) is 0 Å². The summed E-state index contributed by atoms with van der Waals surface area (Å²) < 4.78 is 46.9. The molecule has 3 aromatic carbocycles. The molecule has 4 N–H and O–H groups in total. The Balaban J connectivity index is 0.760. The third-order valence-corrected chi connectivity index (χ3v) is 15.3. The predicted molar refractivity (Wildman–Crippen MR) is 249 cm³/mol. The van der Waals surface area contributed by atoms with Gasteiger partial charge < -0.3 is 29.8 Å². The standard InChI is InChI=1S/C47H55N7O10S2/c1-29(2)66(60,61)52-15-13-34(14-16-52)53-28-37(31-5-3-6-32(24-31)43(48)65)35-10-9-30(23-39(35)53)25-49-44(56)33-26-51(27-33)17-18-62-19-20-63-21-22-64-40-8-4-7-36-42(40)47(59)54(46(36)58)38-11-12-41(55)50-45(38)57/h3-10,23-24,28-29,33-34,38H,11-22,25-27H2,1-2H3,(H2,48,65)(H,49,56)(H,50,55,57). The molecule has 0 bridgehead atoms. The van der Waals surface area contributed by atoms with Gasteiger partial charge in [0.2, 0.25) is 27.7 Å². The van der Waals surface area contributed by atoms with Gasteiger partial charge in [0.25, 0.3) is 11.8 Å². The van der Waals surface area contributed by atoms with E-state index in [0.29, 0.717) is 76.9 Å². The molecule has 5 heterocycles. The van der Waals surface area contributed by atoms with Crippen molar-refractivity contribution in [3.8, 4) is 16.9 Å². The van der Waals surface area contributed by atoms with Crippen molar-refractivity contribution in [1.82, 2.24) is 29.3 Å². The Labute approximate surface area is 388 Å². The Kier molecular flexibility index (Phi) is 14.3. The number of nitrogens with one attached hydrogen (secondary N) is 2. The monoisotopic (exact) mass is 941 g/mol. The Hall–Kier alpha value is -5.57. The third kappa shape index (κ3) is 9.91. The highest BCUT2D eigenvalue weighted by atomic mass is 32.2. The lowest BCUT2D eigenvalue weighted by atomic mass is 9.99. The van der Waals surface area contributed by atoms with Gasteiger partial charge in [-0.05, 0) is 68.5 Å². The van der Waals surface area contributed by atoms with E-state index in [1.807, 2.05) is 30.3 Å². The second-order valence-corrected chi connectivity index (χ2v) is 20.3. The largest absolute Gasteiger partial charge is 0.490 e. The van der Waals surface area contributed by atoms with Crippen molar-refractivity contribution < 1.29 is 46.6 Å². The van der Waals surface area contributed by atoms with Crippen molar-refractivity contribution in [2.45, 2.75) is 63.4 Å². The van der Waals surface area contributed by atoms with Crippen LogP contribution in [-0.4, -0.2) is 139 Å². The zero-order chi connectivity index (χ0) is 46.7. The number of aromatic nitrogens is 1. The quantitative estimate of drug-likeness (QED) is 0.0701. The van der Waals surface area contributed by atoms with Crippen molar-refractivity contribution >= 4 is 67.7 Å². The minimum atomic E-state index is -3.34. The summed E-state index contributed by atoms with van der Waals surface area (Å²) in [7, 11) is -3.34. The predicted octanol–water partition coefficient (Wildman–Crippen LogP) is 3.38. The average molecular weight is 942 g/mol. The number of carbonyl (C=O) groups excluding carboxylic acids is 5. The number of amides is 5. The molecule has 4 aliphatic rings. The fraction of sp³-hybridized carbons (Fsp3) is 0.447. The molecule has 5 amide bonds. The van der Waals surface area contributed by atoms with Gasteiger partial charge in [0.05, 0.1) is 48.7 Å². The number of ether oxygens (including phenoxy) is 3. The Bertz CT molecular complexity index is 2650. The van der Waals surface area contributed by atoms with Crippen molar-refractivity contribution in [3.63, 3.8) is 0 Å². The maximum atomic E-state index is 13.3. The number of fused-ring (bicyclic) bond motifs is 2. The van der Waals surface area contributed by atoms with Crippen molar-refractivity contribution in [2.75, 3.05) is 65.8 Å². The van der Waals surface area contributed by atoms with E-state index >= 15 is 0 Å². The zero-order valence-corrected chi connectivity index (χ0v) is 38.7. The minimum absolute atomic E-state index is 0.00433. The number of imide groups is 2. The van der Waals surface area contributed by atoms with Crippen molar-refractivity contribution in [2.24, 2.45) is 11.7 Å². The molecular weight excluding hydrogens is 887 g/mol. The molecule has 3 saturated heterocycles. The first-order chi connectivity index (χ1) is 31.7. The normalized spacial score (nSPS) is 18.8. The van der Waals surface area contributed by atoms with Crippen LogP contribution in [0.5, 0.6) is 5.75 Å². The van der Waals surface area contributed by atoms with Crippen LogP contribution >= 0.6 is 12.2 Å². The number of likely N-dealkylation sites (tertiary alicyclic amines) is 1. The molecule has 0 spiro atoms. The van der Waals surface area contributed by atoms with Crippen LogP contribution in [0.3, 0.4) is 0 Å². The molecule has 4 aliphatic heterocycles. The van der Waals surface area contributed by atoms with E-state index in [4.69, 9.17) is 32.2 Å². The fourth-order valence-electron chi connectivity index (χ4n) is 9.03. The van der Waals surface area contributed by atoms with E-state index in [-0.39, 0.29) is 60.8 Å². The molecule has 8 rings (SSSR count). The van der Waals surface area contributed by atoms with E-state index < -0.39 is 44.9 Å². The summed E-state index contributed by atoms with van der Waals surface area (Å²) in [6.07, 6.45) is 3.62. The second kappa shape index (κ2) is 20.1. The van der Waals surface area contributed by atoms with Crippen LogP contribution < -0.4 is 21.1 Å². The number of thiocarbonyl (C=S) groups is 1. The van der Waals surface area contributed by atoms with E-state index in [1.54, 1.807) is 30.3 Å². The zero-order valence-electron chi connectivity index (χ0n) is 37.0. The number of rotatable bonds is 19. The summed E-state index contributed by atoms with van der Waals surface area (Å²) in [6.45, 7) is 8.12. The molecule has 1 aromatic heterocycles. The van der Waals surface area contributed by atoms with Crippen LogP contribution in [-0.2, 0) is 40.4 Å². The molecule has 4 aromatic rings. The minimum Gasteiger partial charge on any atom is -0.490 e. The molecule has 0 saturated carbocycles. The summed E-state index contributed by atoms with van der Waals surface area (Å²) in [5.41, 5.74) is 11.0. The highest BCUT2D eigenvalue weighted by molar-refractivity contribution is 7.89. The Morgan fingerprint density at radius 2 is 1.62 bits per heavy atom. The molecule has 66 heavy (non-hydrogen) atoms. The van der Waals surface area contributed by atoms with Gasteiger partial charge in [0.15, 0.2) is 0 Å². The summed E-state index contributed by atoms with van der Waals surface area (Å²) in [4.78, 5) is 66.9. The highest BCUT2D eigenvalue weighted by Gasteiger charge is 2.46. The molecule has 3 fully saturated rings. The van der Waals surface area contributed by atoms with Gasteiger partial charge in [-0.1, -0.05) is 48.6 Å². The smallest absolute Gasteiger partial charge is 0.266 e. The topological polar surface area (TPSA) is 212 Å². The highest BCUT2D eigenvalue weighted by Crippen LogP contribution is 2.37. The lowest BCUT2D eigenvalue weighted by Gasteiger charge is -2.38. The van der Waals surface area contributed by atoms with Gasteiger partial charge in [0.1, 0.15) is 23.4 Å². The summed E-state index contributed by atoms with van der Waals surface area (Å²) in [6, 6.07) is 17.8. The molecule has 1 atom stereocenters. The first kappa shape index (κ1) is 46.9. The van der Waals surface area contributed by atoms with Crippen LogP contribution in [0.2, 0.25) is 0 Å². The number of hydrogen-bond donors (Lipinski definition) is 3. The number of carbonyl (C=O) groups is 5. The number of benzene rings is 3. The van der Waals surface area contributed by atoms with E-state index in [2.05, 4.69) is 38.4 Å². The first-order valence-corrected chi connectivity index (χ1v) is 24.3. The van der Waals surface area contributed by atoms with Gasteiger partial charge >= 0.3 is 0 Å². The lowest BCUT2D eigenvalue weighted by Crippen LogP contribution is -2.54. The molecule has 350 valence electrons. The van der Waals surface area contributed by atoms with E-state index in [9.17, 15) is 32.4 Å². The van der Waals surface area contributed by atoms with E-state index in [1.165, 1.54) is 6.07 Å². The maximum absolute atomic E-state index is 13.3. The van der Waals surface area contributed by atoms with Crippen LogP contribution in [0, 0.1) is 5.92 Å². The van der Waals surface area contributed by atoms with E-state index in [0.717, 1.165) is 38.1 Å². The van der Waals surface area contributed by atoms with Crippen molar-refractivity contribution in [1.29, 1.82) is 0 Å². The average Bonchev–Trinajstić information content (AvgIpc) is 3.79. The molecular formula is C47H55N7O10S2. The van der Waals surface area contributed by atoms with Gasteiger partial charge in [-0.3, -0.25) is 39.1 Å². The Morgan fingerprint density at radius 1 is 0.894 bits per heavy atom. The number of sulfonamides is 1. The number of nitrogens with two attached hydrogens (primary N) is 1. The number of piperidine rings is 2. The molecule has 0 aliphatic carbocycles. The van der Waals surface area contributed by atoms with Crippen LogP contribution in [0.4, 0.5) is 0 Å². The SMILES string of the molecule is CC(C)S(=O)(=O)N1CCC(n2cc(-c3cccc(C(N)=S)c3)c3ccc(CNC(=O)C4CN(CCOCCOCCOc5cccc6c5C(=O)N(C5CCC(=O)NC5=O)C6=O)C4)cc32)CC1. The molecule has 1 unspecified atom stereocenters. The summed E-state index contributed by atoms with van der Waals surface area (Å²) in [5, 5.41) is 5.90. The van der Waals surface area contributed by atoms with Gasteiger partial charge in [-0.2, -0.15) is 0 Å². The van der Waals surface area contributed by atoms with Crippen LogP contribution in [0.15, 0.2) is 66.9 Å². The lowest BCUT2D eigenvalue weighted by molar-refractivity contribution is -0.136. The Morgan fingerprint density at radius 3 is 2.35 bits per heavy atom. The van der Waals surface area contributed by atoms with Gasteiger partial charge in [0, 0.05) is 80.0 Å². The van der Waals surface area contributed by atoms with Crippen molar-refractivity contribution in [3.05, 3.63) is 89.1 Å². The summed E-state index contributed by atoms with van der Waals surface area (Å²) in [5.74, 6) is -2.26. The fourth-order valence-corrected chi connectivity index (χ4v) is 10.5. The summed E-state index contributed by atoms with van der Waals surface area (Å²) >= 11 is 5.27. The van der Waals surface area contributed by atoms with Crippen LogP contribution in [0.25, 0.3) is 22.0 Å². The maximum Gasteiger partial charge on any atom is 0.266 e. The molecule has 19 heteroatoms. The van der Waals surface area contributed by atoms with Gasteiger partial charge in [-0.25, -0.2) is 12.7 Å². The number of nitrogens with zero attached hydrogens (tertiary/aromatic N) is 4. The second-order valence-electron chi connectivity index (χ2n) is 17.3. The molecule has 17 nitrogen and oxygen atoms in total.